The summed E-state index contributed by atoms with van der Waals surface area (Å²) in [6, 6.07) is 6.19. The van der Waals surface area contributed by atoms with Crippen LogP contribution in [0.4, 0.5) is 5.69 Å². The van der Waals surface area contributed by atoms with Gasteiger partial charge in [0.15, 0.2) is 0 Å². The third kappa shape index (κ3) is 3.81. The van der Waals surface area contributed by atoms with E-state index in [1.807, 2.05) is 13.8 Å². The topological polar surface area (TPSA) is 92.5 Å². The molecule has 0 bridgehead atoms. The summed E-state index contributed by atoms with van der Waals surface area (Å²) in [6.07, 6.45) is 1.66. The van der Waals surface area contributed by atoms with Gasteiger partial charge in [0, 0.05) is 18.3 Å². The molecule has 1 unspecified atom stereocenters. The minimum atomic E-state index is -3.77. The van der Waals surface area contributed by atoms with Crippen molar-refractivity contribution in [3.8, 4) is 0 Å². The van der Waals surface area contributed by atoms with Crippen LogP contribution in [-0.2, 0) is 14.8 Å². The number of sulfonamides is 1. The van der Waals surface area contributed by atoms with Crippen LogP contribution >= 0.6 is 0 Å². The molecule has 6 nitrogen and oxygen atoms in total. The summed E-state index contributed by atoms with van der Waals surface area (Å²) >= 11 is 0. The molecule has 21 heavy (non-hydrogen) atoms. The normalized spacial score (nSPS) is 20.1. The Hall–Kier alpha value is -1.44. The Kier molecular flexibility index (Phi) is 4.65. The third-order valence-electron chi connectivity index (χ3n) is 3.43. The van der Waals surface area contributed by atoms with Crippen LogP contribution in [0.25, 0.3) is 0 Å². The van der Waals surface area contributed by atoms with Crippen molar-refractivity contribution in [2.45, 2.75) is 43.7 Å². The van der Waals surface area contributed by atoms with Gasteiger partial charge in [-0.05, 0) is 31.0 Å². The molecule has 1 aliphatic heterocycles. The Morgan fingerprint density at radius 3 is 2.71 bits per heavy atom. The Morgan fingerprint density at radius 2 is 2.10 bits per heavy atom. The molecular formula is C14H21N3O3S. The molecular weight excluding hydrogens is 290 g/mol. The maximum atomic E-state index is 12.5. The summed E-state index contributed by atoms with van der Waals surface area (Å²) in [5.74, 6) is -0.0264. The van der Waals surface area contributed by atoms with Crippen LogP contribution in [0.2, 0.25) is 0 Å². The Balaban J connectivity index is 2.27. The monoisotopic (exact) mass is 311 g/mol. The number of carbonyl (C=O) groups excluding carboxylic acids is 1. The molecule has 0 spiro atoms. The molecule has 3 N–H and O–H groups in total. The van der Waals surface area contributed by atoms with E-state index in [1.165, 1.54) is 12.1 Å². The number of hydrogen-bond acceptors (Lipinski definition) is 4. The van der Waals surface area contributed by atoms with Crippen LogP contribution in [0.1, 0.15) is 26.7 Å². The predicted octanol–water partition coefficient (Wildman–Crippen LogP) is 0.827. The van der Waals surface area contributed by atoms with Crippen LogP contribution in [0.15, 0.2) is 29.2 Å². The van der Waals surface area contributed by atoms with Gasteiger partial charge in [-0.1, -0.05) is 19.9 Å². The van der Waals surface area contributed by atoms with E-state index in [0.29, 0.717) is 12.2 Å². The van der Waals surface area contributed by atoms with E-state index in [-0.39, 0.29) is 22.9 Å². The van der Waals surface area contributed by atoms with Crippen molar-refractivity contribution in [1.29, 1.82) is 0 Å². The van der Waals surface area contributed by atoms with Crippen molar-refractivity contribution >= 4 is 21.6 Å². The Labute approximate surface area is 125 Å². The van der Waals surface area contributed by atoms with E-state index in [2.05, 4.69) is 5.32 Å². The number of hydrogen-bond donors (Lipinski definition) is 2. The van der Waals surface area contributed by atoms with Crippen LogP contribution in [0.3, 0.4) is 0 Å². The van der Waals surface area contributed by atoms with Gasteiger partial charge in [-0.2, -0.15) is 0 Å². The van der Waals surface area contributed by atoms with E-state index >= 15 is 0 Å². The van der Waals surface area contributed by atoms with E-state index in [9.17, 15) is 13.2 Å². The fraction of sp³-hybridized carbons (Fsp3) is 0.500. The lowest BCUT2D eigenvalue weighted by Crippen LogP contribution is -2.52. The van der Waals surface area contributed by atoms with Crippen molar-refractivity contribution in [2.75, 3.05) is 11.4 Å². The average Bonchev–Trinajstić information content (AvgIpc) is 2.40. The zero-order valence-electron chi connectivity index (χ0n) is 12.2. The van der Waals surface area contributed by atoms with E-state index in [0.717, 1.165) is 12.8 Å². The fourth-order valence-electron chi connectivity index (χ4n) is 2.52. The van der Waals surface area contributed by atoms with Gasteiger partial charge in [0.2, 0.25) is 15.9 Å². The number of anilines is 1. The summed E-state index contributed by atoms with van der Waals surface area (Å²) in [5, 5.41) is 8.38. The molecule has 1 fully saturated rings. The minimum absolute atomic E-state index is 0.0201. The third-order valence-corrected chi connectivity index (χ3v) is 4.34. The highest BCUT2D eigenvalue weighted by molar-refractivity contribution is 7.89. The fourth-order valence-corrected chi connectivity index (χ4v) is 3.07. The second kappa shape index (κ2) is 6.13. The highest BCUT2D eigenvalue weighted by atomic mass is 32.2. The molecule has 7 heteroatoms. The maximum Gasteiger partial charge on any atom is 0.244 e. The zero-order chi connectivity index (χ0) is 15.6. The highest BCUT2D eigenvalue weighted by Crippen LogP contribution is 2.23. The summed E-state index contributed by atoms with van der Waals surface area (Å²) in [7, 11) is -3.77. The largest absolute Gasteiger partial charge is 0.311 e. The lowest BCUT2D eigenvalue weighted by atomic mass is 10.0. The maximum absolute atomic E-state index is 12.5. The first-order chi connectivity index (χ1) is 9.79. The van der Waals surface area contributed by atoms with Crippen molar-refractivity contribution in [1.82, 2.24) is 5.32 Å². The van der Waals surface area contributed by atoms with Gasteiger partial charge in [-0.25, -0.2) is 13.6 Å². The number of rotatable bonds is 4. The number of amides is 1. The average molecular weight is 311 g/mol. The zero-order valence-corrected chi connectivity index (χ0v) is 13.1. The molecule has 0 aliphatic carbocycles. The van der Waals surface area contributed by atoms with Gasteiger partial charge < -0.3 is 10.2 Å². The molecule has 1 heterocycles. The van der Waals surface area contributed by atoms with Gasteiger partial charge >= 0.3 is 0 Å². The van der Waals surface area contributed by atoms with Crippen LogP contribution in [0.5, 0.6) is 0 Å². The molecule has 2 rings (SSSR count). The predicted molar refractivity (Wildman–Crippen MR) is 81.5 cm³/mol. The van der Waals surface area contributed by atoms with Crippen LogP contribution in [0, 0.1) is 0 Å². The highest BCUT2D eigenvalue weighted by Gasteiger charge is 2.30. The summed E-state index contributed by atoms with van der Waals surface area (Å²) in [4.78, 5) is 14.1. The lowest BCUT2D eigenvalue weighted by molar-refractivity contribution is -0.121. The van der Waals surface area contributed by atoms with Crippen molar-refractivity contribution in [3.05, 3.63) is 24.3 Å². The minimum Gasteiger partial charge on any atom is -0.311 e. The molecule has 116 valence electrons. The molecule has 1 amide bonds. The molecule has 1 aromatic carbocycles. The molecule has 1 atom stereocenters. The van der Waals surface area contributed by atoms with E-state index in [1.54, 1.807) is 17.0 Å². The Bertz CT molecular complexity index is 628. The van der Waals surface area contributed by atoms with Crippen molar-refractivity contribution in [3.63, 3.8) is 0 Å². The number of nitrogens with zero attached hydrogens (tertiary/aromatic N) is 1. The van der Waals surface area contributed by atoms with Crippen LogP contribution < -0.4 is 15.4 Å². The van der Waals surface area contributed by atoms with Gasteiger partial charge in [-0.15, -0.1) is 0 Å². The number of nitrogens with one attached hydrogen (secondary N) is 1. The molecule has 1 aliphatic rings. The quantitative estimate of drug-likeness (QED) is 0.861. The Morgan fingerprint density at radius 1 is 1.38 bits per heavy atom. The number of carbonyl (C=O) groups is 1. The smallest absolute Gasteiger partial charge is 0.244 e. The first-order valence-corrected chi connectivity index (χ1v) is 8.54. The number of piperidine rings is 1. The summed E-state index contributed by atoms with van der Waals surface area (Å²) in [6.45, 7) is 4.57. The first kappa shape index (κ1) is 15.9. The van der Waals surface area contributed by atoms with Crippen molar-refractivity contribution < 1.29 is 13.2 Å². The van der Waals surface area contributed by atoms with Gasteiger partial charge in [-0.3, -0.25) is 4.79 Å². The number of benzene rings is 1. The molecule has 0 aromatic heterocycles. The van der Waals surface area contributed by atoms with Gasteiger partial charge in [0.1, 0.15) is 0 Å². The number of primary sulfonamides is 1. The number of nitrogens with two attached hydrogens (primary N) is 1. The van der Waals surface area contributed by atoms with Crippen molar-refractivity contribution in [2.24, 2.45) is 5.14 Å². The standard InChI is InChI=1S/C14H21N3O3S/c1-10(2)16-13-7-4-8-17(14(13)18)11-5-3-6-12(9-11)21(15,19)20/h3,5-6,9-10,13,16H,4,7-8H2,1-2H3,(H2,15,19,20). The molecule has 0 saturated carbocycles. The van der Waals surface area contributed by atoms with Crippen LogP contribution in [-0.4, -0.2) is 33.0 Å². The SMILES string of the molecule is CC(C)NC1CCCN(c2cccc(S(N)(=O)=O)c2)C1=O. The first-order valence-electron chi connectivity index (χ1n) is 6.99. The van der Waals surface area contributed by atoms with E-state index < -0.39 is 10.0 Å². The molecule has 1 aromatic rings. The molecule has 1 saturated heterocycles. The second-order valence-corrected chi connectivity index (χ2v) is 7.11. The lowest BCUT2D eigenvalue weighted by Gasteiger charge is -2.33. The second-order valence-electron chi connectivity index (χ2n) is 5.55. The van der Waals surface area contributed by atoms with E-state index in [4.69, 9.17) is 5.14 Å². The summed E-state index contributed by atoms with van der Waals surface area (Å²) < 4.78 is 22.8. The van der Waals surface area contributed by atoms with Gasteiger partial charge in [0.05, 0.1) is 10.9 Å². The summed E-state index contributed by atoms with van der Waals surface area (Å²) in [5.41, 5.74) is 0.571. The molecule has 0 radical (unpaired) electrons. The van der Waals surface area contributed by atoms with Gasteiger partial charge in [0.25, 0.3) is 0 Å².